The largest absolute Gasteiger partial charge is 0.367 e. The smallest absolute Gasteiger partial charge is 0.353 e. The van der Waals surface area contributed by atoms with Crippen LogP contribution in [-0.2, 0) is 0 Å². The highest BCUT2D eigenvalue weighted by atomic mass is 16.6. The third-order valence-corrected chi connectivity index (χ3v) is 3.54. The van der Waals surface area contributed by atoms with Crippen molar-refractivity contribution < 1.29 is 4.92 Å². The summed E-state index contributed by atoms with van der Waals surface area (Å²) in [7, 11) is 1.61. The number of aromatic nitrogens is 2. The molecule has 110 valence electrons. The molecular weight excluding hydrogens is 260 g/mol. The van der Waals surface area contributed by atoms with E-state index in [1.165, 1.54) is 6.33 Å². The molecule has 1 fully saturated rings. The van der Waals surface area contributed by atoms with E-state index in [4.69, 9.17) is 0 Å². The maximum atomic E-state index is 11.2. The van der Waals surface area contributed by atoms with Gasteiger partial charge in [0.25, 0.3) is 0 Å². The average Bonchev–Trinajstić information content (AvgIpc) is 2.46. The van der Waals surface area contributed by atoms with E-state index in [2.05, 4.69) is 32.4 Å². The summed E-state index contributed by atoms with van der Waals surface area (Å²) in [4.78, 5) is 21.0. The monoisotopic (exact) mass is 280 g/mol. The molecule has 0 saturated carbocycles. The molecule has 0 aliphatic carbocycles. The molecule has 20 heavy (non-hydrogen) atoms. The van der Waals surface area contributed by atoms with Gasteiger partial charge in [-0.05, 0) is 25.9 Å². The molecule has 1 aliphatic rings. The maximum Gasteiger partial charge on any atom is 0.353 e. The third kappa shape index (κ3) is 3.13. The standard InChI is InChI=1S/C12H20N6O2/c1-3-17-6-4-5-9(7-17)16-12-10(18(19)20)11(13-2)14-8-15-12/h8-9H,3-7H2,1-2H3,(H2,13,14,15,16). The molecule has 1 aliphatic heterocycles. The quantitative estimate of drug-likeness (QED) is 0.620. The number of nitro groups is 1. The summed E-state index contributed by atoms with van der Waals surface area (Å²) < 4.78 is 0. The first-order chi connectivity index (χ1) is 9.65. The van der Waals surface area contributed by atoms with E-state index in [0.717, 1.165) is 32.5 Å². The first-order valence-corrected chi connectivity index (χ1v) is 6.81. The lowest BCUT2D eigenvalue weighted by atomic mass is 10.1. The van der Waals surface area contributed by atoms with Gasteiger partial charge in [-0.15, -0.1) is 0 Å². The maximum absolute atomic E-state index is 11.2. The molecule has 0 spiro atoms. The van der Waals surface area contributed by atoms with Crippen LogP contribution < -0.4 is 10.6 Å². The lowest BCUT2D eigenvalue weighted by molar-refractivity contribution is -0.383. The molecular formula is C12H20N6O2. The molecule has 1 saturated heterocycles. The second kappa shape index (κ2) is 6.47. The van der Waals surface area contributed by atoms with Crippen LogP contribution in [0.15, 0.2) is 6.33 Å². The van der Waals surface area contributed by atoms with Crippen LogP contribution in [0.3, 0.4) is 0 Å². The highest BCUT2D eigenvalue weighted by Crippen LogP contribution is 2.29. The molecule has 8 heteroatoms. The summed E-state index contributed by atoms with van der Waals surface area (Å²) in [5.74, 6) is 0.521. The van der Waals surface area contributed by atoms with Crippen LogP contribution in [0.4, 0.5) is 17.3 Å². The fraction of sp³-hybridized carbons (Fsp3) is 0.667. The molecule has 8 nitrogen and oxygen atoms in total. The number of piperidine rings is 1. The Labute approximate surface area is 117 Å². The number of likely N-dealkylation sites (N-methyl/N-ethyl adjacent to an activating group) is 1. The van der Waals surface area contributed by atoms with E-state index in [1.54, 1.807) is 7.05 Å². The third-order valence-electron chi connectivity index (χ3n) is 3.54. The van der Waals surface area contributed by atoms with Crippen LogP contribution in [0.1, 0.15) is 19.8 Å². The van der Waals surface area contributed by atoms with Gasteiger partial charge in [0.15, 0.2) is 0 Å². The van der Waals surface area contributed by atoms with Gasteiger partial charge >= 0.3 is 5.69 Å². The van der Waals surface area contributed by atoms with Gasteiger partial charge in [0, 0.05) is 19.6 Å². The summed E-state index contributed by atoms with van der Waals surface area (Å²) in [6.45, 7) is 5.08. The minimum Gasteiger partial charge on any atom is -0.367 e. The van der Waals surface area contributed by atoms with Crippen molar-refractivity contribution in [1.82, 2.24) is 14.9 Å². The van der Waals surface area contributed by atoms with Crippen molar-refractivity contribution in [2.24, 2.45) is 0 Å². The van der Waals surface area contributed by atoms with E-state index in [1.807, 2.05) is 0 Å². The summed E-state index contributed by atoms with van der Waals surface area (Å²) in [5, 5.41) is 17.1. The fourth-order valence-electron chi connectivity index (χ4n) is 2.49. The van der Waals surface area contributed by atoms with Gasteiger partial charge in [-0.1, -0.05) is 6.92 Å². The number of hydrogen-bond acceptors (Lipinski definition) is 7. The van der Waals surface area contributed by atoms with Crippen molar-refractivity contribution in [3.63, 3.8) is 0 Å². The predicted octanol–water partition coefficient (Wildman–Crippen LogP) is 1.32. The Morgan fingerprint density at radius 1 is 1.50 bits per heavy atom. The van der Waals surface area contributed by atoms with Crippen molar-refractivity contribution in [3.8, 4) is 0 Å². The number of anilines is 2. The minimum absolute atomic E-state index is 0.0939. The van der Waals surface area contributed by atoms with Crippen molar-refractivity contribution in [1.29, 1.82) is 0 Å². The van der Waals surface area contributed by atoms with Gasteiger partial charge < -0.3 is 15.5 Å². The van der Waals surface area contributed by atoms with Gasteiger partial charge in [-0.25, -0.2) is 9.97 Å². The highest BCUT2D eigenvalue weighted by Gasteiger charge is 2.26. The SMILES string of the molecule is CCN1CCCC(Nc2ncnc(NC)c2[N+](=O)[O-])C1. The van der Waals surface area contributed by atoms with E-state index in [9.17, 15) is 10.1 Å². The predicted molar refractivity (Wildman–Crippen MR) is 77.0 cm³/mol. The Morgan fingerprint density at radius 3 is 2.90 bits per heavy atom. The lowest BCUT2D eigenvalue weighted by Crippen LogP contribution is -2.42. The number of nitrogens with zero attached hydrogens (tertiary/aromatic N) is 4. The molecule has 0 bridgehead atoms. The molecule has 0 amide bonds. The van der Waals surface area contributed by atoms with Crippen molar-refractivity contribution in [3.05, 3.63) is 16.4 Å². The lowest BCUT2D eigenvalue weighted by Gasteiger charge is -2.32. The van der Waals surface area contributed by atoms with Gasteiger partial charge in [-0.3, -0.25) is 10.1 Å². The van der Waals surface area contributed by atoms with Crippen LogP contribution in [0.2, 0.25) is 0 Å². The second-order valence-electron chi connectivity index (χ2n) is 4.80. The normalized spacial score (nSPS) is 19.6. The molecule has 0 aromatic carbocycles. The van der Waals surface area contributed by atoms with Gasteiger partial charge in [-0.2, -0.15) is 0 Å². The summed E-state index contributed by atoms with van der Waals surface area (Å²) in [5.41, 5.74) is -0.0939. The molecule has 2 heterocycles. The van der Waals surface area contributed by atoms with E-state index >= 15 is 0 Å². The first kappa shape index (κ1) is 14.4. The zero-order chi connectivity index (χ0) is 14.5. The van der Waals surface area contributed by atoms with Crippen molar-refractivity contribution >= 4 is 17.3 Å². The Morgan fingerprint density at radius 2 is 2.25 bits per heavy atom. The molecule has 0 radical (unpaired) electrons. The zero-order valence-corrected chi connectivity index (χ0v) is 11.8. The number of hydrogen-bond donors (Lipinski definition) is 2. The second-order valence-corrected chi connectivity index (χ2v) is 4.80. The molecule has 1 atom stereocenters. The van der Waals surface area contributed by atoms with Gasteiger partial charge in [0.05, 0.1) is 4.92 Å². The Balaban J connectivity index is 2.18. The minimum atomic E-state index is -0.450. The fourth-order valence-corrected chi connectivity index (χ4v) is 2.49. The summed E-state index contributed by atoms with van der Waals surface area (Å²) in [6.07, 6.45) is 3.41. The average molecular weight is 280 g/mol. The Bertz CT molecular complexity index is 481. The number of likely N-dealkylation sites (tertiary alicyclic amines) is 1. The van der Waals surface area contributed by atoms with Crippen LogP contribution in [0, 0.1) is 10.1 Å². The van der Waals surface area contributed by atoms with Crippen LogP contribution in [0.25, 0.3) is 0 Å². The molecule has 1 unspecified atom stereocenters. The number of nitrogens with one attached hydrogen (secondary N) is 2. The van der Waals surface area contributed by atoms with Crippen molar-refractivity contribution in [2.45, 2.75) is 25.8 Å². The van der Waals surface area contributed by atoms with Crippen LogP contribution in [0.5, 0.6) is 0 Å². The zero-order valence-electron chi connectivity index (χ0n) is 11.8. The molecule has 2 rings (SSSR count). The Hall–Kier alpha value is -1.96. The van der Waals surface area contributed by atoms with E-state index < -0.39 is 4.92 Å². The molecule has 1 aromatic rings. The summed E-state index contributed by atoms with van der Waals surface area (Å²) in [6, 6.07) is 0.182. The van der Waals surface area contributed by atoms with E-state index in [0.29, 0.717) is 0 Å². The molecule has 1 aromatic heterocycles. The van der Waals surface area contributed by atoms with Crippen molar-refractivity contribution in [2.75, 3.05) is 37.3 Å². The summed E-state index contributed by atoms with van der Waals surface area (Å²) >= 11 is 0. The highest BCUT2D eigenvalue weighted by molar-refractivity contribution is 5.69. The van der Waals surface area contributed by atoms with Crippen LogP contribution in [-0.4, -0.2) is 52.5 Å². The van der Waals surface area contributed by atoms with Crippen LogP contribution >= 0.6 is 0 Å². The first-order valence-electron chi connectivity index (χ1n) is 6.81. The number of rotatable bonds is 5. The van der Waals surface area contributed by atoms with Gasteiger partial charge in [0.1, 0.15) is 6.33 Å². The topological polar surface area (TPSA) is 96.2 Å². The van der Waals surface area contributed by atoms with Gasteiger partial charge in [0.2, 0.25) is 11.6 Å². The molecule has 2 N–H and O–H groups in total. The Kier molecular flexibility index (Phi) is 4.67. The van der Waals surface area contributed by atoms with E-state index in [-0.39, 0.29) is 23.4 Å².